The predicted octanol–water partition coefficient (Wildman–Crippen LogP) is 14.6. The molecule has 53 heavy (non-hydrogen) atoms. The van der Waals surface area contributed by atoms with E-state index in [2.05, 4.69) is 170 Å². The average Bonchev–Trinajstić information content (AvgIpc) is 3.63. The molecule has 0 saturated heterocycles. The van der Waals surface area contributed by atoms with Crippen LogP contribution in [0.1, 0.15) is 150 Å². The van der Waals surface area contributed by atoms with Crippen LogP contribution in [0.4, 0.5) is 0 Å². The number of allylic oxidation sites excluding steroid dienone is 2. The molecular weight excluding hydrogens is 653 g/mol. The van der Waals surface area contributed by atoms with E-state index in [1.807, 2.05) is 0 Å². The van der Waals surface area contributed by atoms with Gasteiger partial charge in [0.05, 0.1) is 0 Å². The fourth-order valence-electron chi connectivity index (χ4n) is 9.81. The predicted molar refractivity (Wildman–Crippen MR) is 239 cm³/mol. The number of fused-ring (bicyclic) bond motifs is 2. The van der Waals surface area contributed by atoms with Gasteiger partial charge >= 0.3 is 0 Å². The zero-order chi connectivity index (χ0) is 38.6. The van der Waals surface area contributed by atoms with E-state index >= 15 is 0 Å². The number of benzene rings is 4. The molecule has 0 amide bonds. The van der Waals surface area contributed by atoms with E-state index in [1.165, 1.54) is 91.7 Å². The molecule has 4 aromatic carbocycles. The average molecular weight is 721 g/mol. The highest BCUT2D eigenvalue weighted by Gasteiger charge is 2.35. The van der Waals surface area contributed by atoms with E-state index in [9.17, 15) is 0 Å². The van der Waals surface area contributed by atoms with E-state index in [-0.39, 0.29) is 10.8 Å². The Labute approximate surface area is 326 Å². The summed E-state index contributed by atoms with van der Waals surface area (Å²) in [6.07, 6.45) is 7.70. The molecule has 0 saturated carbocycles. The largest absolute Gasteiger partial charge is 0.0648 e. The summed E-state index contributed by atoms with van der Waals surface area (Å²) in [5.41, 5.74) is 23.8. The SMILES string of the molecule is CCC(C)C1=Cc2c(ccc(C(C)(C)C)c2-c2cc(C)cc(C)c2)C1C[SiH2]CC1C(C(C)CC)=Cc2c1ccc(C(C)(C)C)c2-c1cc(C)cc(C)c1. The Morgan fingerprint density at radius 3 is 1.17 bits per heavy atom. The van der Waals surface area contributed by atoms with Gasteiger partial charge in [0.15, 0.2) is 0 Å². The Morgan fingerprint density at radius 2 is 0.868 bits per heavy atom. The van der Waals surface area contributed by atoms with Crippen molar-refractivity contribution in [2.75, 3.05) is 0 Å². The molecule has 0 aliphatic heterocycles. The van der Waals surface area contributed by atoms with Gasteiger partial charge in [0, 0.05) is 21.4 Å². The molecule has 2 aliphatic carbocycles. The third-order valence-electron chi connectivity index (χ3n) is 12.7. The van der Waals surface area contributed by atoms with Crippen LogP contribution in [0.2, 0.25) is 12.1 Å². The van der Waals surface area contributed by atoms with Gasteiger partial charge < -0.3 is 0 Å². The lowest BCUT2D eigenvalue weighted by Crippen LogP contribution is -2.15. The second-order valence-corrected chi connectivity index (χ2v) is 21.0. The molecule has 0 heterocycles. The summed E-state index contributed by atoms with van der Waals surface area (Å²) in [5, 5.41) is 0. The van der Waals surface area contributed by atoms with Crippen LogP contribution in [-0.2, 0) is 10.8 Å². The molecule has 0 N–H and O–H groups in total. The van der Waals surface area contributed by atoms with Crippen molar-refractivity contribution in [3.05, 3.63) is 127 Å². The Bertz CT molecular complexity index is 1880. The van der Waals surface area contributed by atoms with Crippen LogP contribution >= 0.6 is 0 Å². The molecule has 6 rings (SSSR count). The fourth-order valence-corrected chi connectivity index (χ4v) is 12.1. The van der Waals surface area contributed by atoms with Crippen LogP contribution in [0.5, 0.6) is 0 Å². The summed E-state index contributed by atoms with van der Waals surface area (Å²) < 4.78 is 0. The van der Waals surface area contributed by atoms with Crippen molar-refractivity contribution in [1.29, 1.82) is 0 Å². The highest BCUT2D eigenvalue weighted by Crippen LogP contribution is 2.52. The van der Waals surface area contributed by atoms with E-state index in [1.54, 1.807) is 22.3 Å². The van der Waals surface area contributed by atoms with Gasteiger partial charge in [-0.1, -0.05) is 188 Å². The van der Waals surface area contributed by atoms with E-state index in [0.717, 1.165) is 0 Å². The maximum absolute atomic E-state index is 2.66. The molecule has 0 spiro atoms. The highest BCUT2D eigenvalue weighted by molar-refractivity contribution is 6.36. The second-order valence-electron chi connectivity index (χ2n) is 19.2. The lowest BCUT2D eigenvalue weighted by molar-refractivity contribution is 0.591. The second kappa shape index (κ2) is 15.0. The molecule has 0 bridgehead atoms. The standard InChI is InChI=1S/C52H68Si/c1-15-35(7)41-27-43-39(17-19-47(51(9,10)11)49(43)37-23-31(3)21-32(4)24-37)45(41)29-53-30-46-40-18-20-48(52(12,13)14)50(38-25-33(5)22-34(6)26-38)44(40)28-42(46)36(8)16-2/h17-28,35-36,45-46H,15-16,29-30,53H2,1-14H3. The zero-order valence-electron chi connectivity index (χ0n) is 35.8. The van der Waals surface area contributed by atoms with Crippen LogP contribution < -0.4 is 0 Å². The molecular formula is C52H68Si. The van der Waals surface area contributed by atoms with Crippen LogP contribution in [0.3, 0.4) is 0 Å². The zero-order valence-corrected chi connectivity index (χ0v) is 37.2. The van der Waals surface area contributed by atoms with Gasteiger partial charge in [0.25, 0.3) is 0 Å². The molecule has 4 atom stereocenters. The van der Waals surface area contributed by atoms with Crippen LogP contribution in [0.15, 0.2) is 71.8 Å². The molecule has 2 aliphatic rings. The summed E-state index contributed by atoms with van der Waals surface area (Å²) in [6.45, 7) is 33.0. The monoisotopic (exact) mass is 721 g/mol. The van der Waals surface area contributed by atoms with Gasteiger partial charge in [-0.05, 0) is 119 Å². The quantitative estimate of drug-likeness (QED) is 0.143. The molecule has 0 fully saturated rings. The smallest absolute Gasteiger partial charge is 0.0218 e. The summed E-state index contributed by atoms with van der Waals surface area (Å²) in [4.78, 5) is 0. The van der Waals surface area contributed by atoms with Crippen LogP contribution in [0, 0.1) is 39.5 Å². The van der Waals surface area contributed by atoms with Crippen molar-refractivity contribution in [1.82, 2.24) is 0 Å². The van der Waals surface area contributed by atoms with Crippen LogP contribution in [0.25, 0.3) is 34.4 Å². The maximum Gasteiger partial charge on any atom is 0.0218 e. The Hall–Kier alpha value is -3.42. The van der Waals surface area contributed by atoms with E-state index < -0.39 is 9.52 Å². The number of aryl methyl sites for hydroxylation is 4. The third kappa shape index (κ3) is 7.75. The Kier molecular flexibility index (Phi) is 11.1. The van der Waals surface area contributed by atoms with Crippen molar-refractivity contribution in [2.45, 2.75) is 145 Å². The molecule has 4 aromatic rings. The summed E-state index contributed by atoms with van der Waals surface area (Å²) in [5.74, 6) is 2.25. The molecule has 280 valence electrons. The van der Waals surface area contributed by atoms with Crippen molar-refractivity contribution in [3.8, 4) is 22.3 Å². The van der Waals surface area contributed by atoms with E-state index in [0.29, 0.717) is 23.7 Å². The van der Waals surface area contributed by atoms with Crippen LogP contribution in [-0.4, -0.2) is 9.52 Å². The van der Waals surface area contributed by atoms with Gasteiger partial charge in [-0.25, -0.2) is 0 Å². The van der Waals surface area contributed by atoms with Gasteiger partial charge in [-0.2, -0.15) is 0 Å². The van der Waals surface area contributed by atoms with Crippen molar-refractivity contribution < 1.29 is 0 Å². The first-order valence-electron chi connectivity index (χ1n) is 20.9. The lowest BCUT2D eigenvalue weighted by atomic mass is 9.78. The molecule has 0 nitrogen and oxygen atoms in total. The fraction of sp³-hybridized carbons (Fsp3) is 0.462. The molecule has 0 aromatic heterocycles. The third-order valence-corrected chi connectivity index (χ3v) is 14.7. The Balaban J connectivity index is 1.40. The maximum atomic E-state index is 2.66. The topological polar surface area (TPSA) is 0 Å². The first kappa shape index (κ1) is 39.3. The Morgan fingerprint density at radius 1 is 0.528 bits per heavy atom. The first-order valence-corrected chi connectivity index (χ1v) is 22.9. The van der Waals surface area contributed by atoms with Crippen molar-refractivity contribution in [3.63, 3.8) is 0 Å². The minimum Gasteiger partial charge on any atom is -0.0648 e. The molecule has 1 heteroatoms. The van der Waals surface area contributed by atoms with Crippen molar-refractivity contribution >= 4 is 21.7 Å². The molecule has 0 radical (unpaired) electrons. The van der Waals surface area contributed by atoms with E-state index in [4.69, 9.17) is 0 Å². The number of rotatable bonds is 10. The minimum absolute atomic E-state index is 0.0661. The molecule has 4 unspecified atom stereocenters. The first-order chi connectivity index (χ1) is 24.9. The lowest BCUT2D eigenvalue weighted by Gasteiger charge is -2.28. The summed E-state index contributed by atoms with van der Waals surface area (Å²) >= 11 is 0. The van der Waals surface area contributed by atoms with Gasteiger partial charge in [0.2, 0.25) is 0 Å². The number of hydrogen-bond donors (Lipinski definition) is 0. The summed E-state index contributed by atoms with van der Waals surface area (Å²) in [6, 6.07) is 27.1. The van der Waals surface area contributed by atoms with Gasteiger partial charge in [0.1, 0.15) is 0 Å². The highest BCUT2D eigenvalue weighted by atomic mass is 28.2. The van der Waals surface area contributed by atoms with Gasteiger partial charge in [-0.3, -0.25) is 0 Å². The normalized spacial score (nSPS) is 18.3. The van der Waals surface area contributed by atoms with Crippen molar-refractivity contribution in [2.24, 2.45) is 11.8 Å². The minimum atomic E-state index is -0.401. The number of hydrogen-bond acceptors (Lipinski definition) is 0. The van der Waals surface area contributed by atoms with Gasteiger partial charge in [-0.15, -0.1) is 0 Å². The summed E-state index contributed by atoms with van der Waals surface area (Å²) in [7, 11) is -0.401.